The van der Waals surface area contributed by atoms with Crippen LogP contribution >= 0.6 is 0 Å². The van der Waals surface area contributed by atoms with Crippen molar-refractivity contribution in [3.8, 4) is 0 Å². The van der Waals surface area contributed by atoms with Crippen LogP contribution in [0.2, 0.25) is 6.82 Å². The van der Waals surface area contributed by atoms with E-state index in [0.717, 1.165) is 7.28 Å². The zero-order valence-corrected chi connectivity index (χ0v) is 14.4. The van der Waals surface area contributed by atoms with Gasteiger partial charge in [0, 0.05) is 17.1 Å². The molecule has 1 nitrogen and oxygen atoms in total. The van der Waals surface area contributed by atoms with Crippen molar-refractivity contribution in [3.63, 3.8) is 0 Å². The van der Waals surface area contributed by atoms with Crippen LogP contribution in [0.5, 0.6) is 0 Å². The minimum Gasteiger partial charge on any atom is -0.310 e. The third kappa shape index (κ3) is 3.16. The Morgan fingerprint density at radius 3 is 1.88 bits per heavy atom. The summed E-state index contributed by atoms with van der Waals surface area (Å²) in [6, 6.07) is 34.5. The van der Waals surface area contributed by atoms with Crippen molar-refractivity contribution in [3.05, 3.63) is 97.1 Å². The molecular weight excluding hydrogens is 301 g/mol. The van der Waals surface area contributed by atoms with E-state index < -0.39 is 0 Å². The van der Waals surface area contributed by atoms with Crippen molar-refractivity contribution < 1.29 is 0 Å². The maximum Gasteiger partial charge on any atom is 0.154 e. The maximum absolute atomic E-state index is 2.31. The molecule has 0 heterocycles. The Bertz CT molecular complexity index is 978. The van der Waals surface area contributed by atoms with Crippen LogP contribution in [-0.2, 0) is 0 Å². The second-order valence-electron chi connectivity index (χ2n) is 6.22. The highest BCUT2D eigenvalue weighted by Gasteiger charge is 2.12. The zero-order valence-electron chi connectivity index (χ0n) is 14.4. The molecule has 0 amide bonds. The molecule has 4 rings (SSSR count). The highest BCUT2D eigenvalue weighted by molar-refractivity contribution is 6.51. The highest BCUT2D eigenvalue weighted by Crippen LogP contribution is 2.35. The predicted octanol–water partition coefficient (Wildman–Crippen LogP) is 5.42. The van der Waals surface area contributed by atoms with E-state index in [9.17, 15) is 0 Å². The summed E-state index contributed by atoms with van der Waals surface area (Å²) in [5.74, 6) is 0. The maximum atomic E-state index is 2.31. The van der Waals surface area contributed by atoms with Gasteiger partial charge in [-0.25, -0.2) is 0 Å². The van der Waals surface area contributed by atoms with Crippen molar-refractivity contribution in [2.24, 2.45) is 0 Å². The summed E-state index contributed by atoms with van der Waals surface area (Å²) < 4.78 is 0. The van der Waals surface area contributed by atoms with E-state index in [2.05, 4.69) is 109 Å². The van der Waals surface area contributed by atoms with Gasteiger partial charge in [-0.05, 0) is 47.2 Å². The molecule has 4 aromatic carbocycles. The lowest BCUT2D eigenvalue weighted by molar-refractivity contribution is 1.29. The molecular formula is C23H20BN. The van der Waals surface area contributed by atoms with Crippen LogP contribution < -0.4 is 10.4 Å². The van der Waals surface area contributed by atoms with Gasteiger partial charge in [-0.2, -0.15) is 0 Å². The number of anilines is 3. The molecule has 0 saturated carbocycles. The van der Waals surface area contributed by atoms with Crippen molar-refractivity contribution in [1.29, 1.82) is 0 Å². The number of hydrogen-bond acceptors (Lipinski definition) is 1. The lowest BCUT2D eigenvalue weighted by atomic mass is 9.73. The van der Waals surface area contributed by atoms with Gasteiger partial charge in [-0.3, -0.25) is 0 Å². The Morgan fingerprint density at radius 1 is 0.560 bits per heavy atom. The summed E-state index contributed by atoms with van der Waals surface area (Å²) in [6.45, 7) is 2.19. The molecule has 0 radical (unpaired) electrons. The van der Waals surface area contributed by atoms with Gasteiger partial charge in [0.25, 0.3) is 0 Å². The first kappa shape index (κ1) is 15.5. The SMILES string of the molecule is CBc1ccc(N(c2ccccc2)c2ccc3ccccc3c2)cc1. The first-order chi connectivity index (χ1) is 12.3. The van der Waals surface area contributed by atoms with Crippen LogP contribution in [0, 0.1) is 0 Å². The van der Waals surface area contributed by atoms with Crippen LogP contribution in [-0.4, -0.2) is 7.28 Å². The molecule has 0 fully saturated rings. The fourth-order valence-corrected chi connectivity index (χ4v) is 3.22. The van der Waals surface area contributed by atoms with Gasteiger partial charge in [-0.15, -0.1) is 0 Å². The van der Waals surface area contributed by atoms with Gasteiger partial charge in [0.1, 0.15) is 0 Å². The van der Waals surface area contributed by atoms with E-state index in [1.165, 1.54) is 33.3 Å². The number of para-hydroxylation sites is 1. The van der Waals surface area contributed by atoms with Crippen molar-refractivity contribution in [2.75, 3.05) is 4.90 Å². The molecule has 25 heavy (non-hydrogen) atoms. The number of benzene rings is 4. The van der Waals surface area contributed by atoms with Crippen LogP contribution in [0.15, 0.2) is 97.1 Å². The molecule has 0 aliphatic carbocycles. The van der Waals surface area contributed by atoms with E-state index in [0.29, 0.717) is 0 Å². The normalized spacial score (nSPS) is 10.6. The van der Waals surface area contributed by atoms with E-state index in [-0.39, 0.29) is 0 Å². The predicted molar refractivity (Wildman–Crippen MR) is 111 cm³/mol. The van der Waals surface area contributed by atoms with E-state index in [1.807, 2.05) is 0 Å². The van der Waals surface area contributed by atoms with E-state index >= 15 is 0 Å². The smallest absolute Gasteiger partial charge is 0.154 e. The van der Waals surface area contributed by atoms with Crippen LogP contribution in [0.3, 0.4) is 0 Å². The molecule has 0 aliphatic rings. The number of nitrogens with zero attached hydrogens (tertiary/aromatic N) is 1. The van der Waals surface area contributed by atoms with Gasteiger partial charge in [0.05, 0.1) is 0 Å². The summed E-state index contributed by atoms with van der Waals surface area (Å²) >= 11 is 0. The third-order valence-corrected chi connectivity index (χ3v) is 4.61. The molecule has 0 N–H and O–H groups in total. The minimum atomic E-state index is 1.06. The molecule has 0 spiro atoms. The average molecular weight is 321 g/mol. The first-order valence-electron chi connectivity index (χ1n) is 8.78. The van der Waals surface area contributed by atoms with Crippen LogP contribution in [0.1, 0.15) is 0 Å². The Morgan fingerprint density at radius 2 is 1.16 bits per heavy atom. The van der Waals surface area contributed by atoms with Crippen molar-refractivity contribution in [2.45, 2.75) is 6.82 Å². The monoisotopic (exact) mass is 321 g/mol. The summed E-state index contributed by atoms with van der Waals surface area (Å²) in [5, 5.41) is 2.52. The fraction of sp³-hybridized carbons (Fsp3) is 0.0435. The number of fused-ring (bicyclic) bond motifs is 1. The van der Waals surface area contributed by atoms with Gasteiger partial charge in [0.2, 0.25) is 0 Å². The third-order valence-electron chi connectivity index (χ3n) is 4.61. The molecule has 4 aromatic rings. The average Bonchev–Trinajstić information content (AvgIpc) is 2.69. The van der Waals surface area contributed by atoms with Crippen molar-refractivity contribution >= 4 is 40.6 Å². The summed E-state index contributed by atoms with van der Waals surface area (Å²) in [7, 11) is 1.06. The first-order valence-corrected chi connectivity index (χ1v) is 8.78. The zero-order chi connectivity index (χ0) is 17.1. The second kappa shape index (κ2) is 6.86. The van der Waals surface area contributed by atoms with Crippen molar-refractivity contribution in [1.82, 2.24) is 0 Å². The summed E-state index contributed by atoms with van der Waals surface area (Å²) in [6.07, 6.45) is 0. The van der Waals surface area contributed by atoms with E-state index in [4.69, 9.17) is 0 Å². The van der Waals surface area contributed by atoms with Crippen LogP contribution in [0.25, 0.3) is 10.8 Å². The minimum absolute atomic E-state index is 1.06. The molecule has 0 unspecified atom stereocenters. The topological polar surface area (TPSA) is 3.24 Å². The number of hydrogen-bond donors (Lipinski definition) is 0. The lowest BCUT2D eigenvalue weighted by Crippen LogP contribution is -2.13. The van der Waals surface area contributed by atoms with Gasteiger partial charge in [0.15, 0.2) is 7.28 Å². The van der Waals surface area contributed by atoms with Gasteiger partial charge < -0.3 is 4.90 Å². The fourth-order valence-electron chi connectivity index (χ4n) is 3.22. The highest BCUT2D eigenvalue weighted by atomic mass is 15.1. The largest absolute Gasteiger partial charge is 0.310 e. The quantitative estimate of drug-likeness (QED) is 0.454. The molecule has 0 aliphatic heterocycles. The standard InChI is InChI=1S/C23H20BN/c1-24-20-12-15-22(16-13-20)25(21-9-3-2-4-10-21)23-14-11-18-7-5-6-8-19(18)17-23/h2-17,24H,1H3. The molecule has 120 valence electrons. The number of rotatable bonds is 4. The molecule has 0 bridgehead atoms. The molecule has 0 atom stereocenters. The Balaban J connectivity index is 1.86. The molecule has 0 aromatic heterocycles. The summed E-state index contributed by atoms with van der Waals surface area (Å²) in [4.78, 5) is 2.31. The summed E-state index contributed by atoms with van der Waals surface area (Å²) in [5.41, 5.74) is 4.88. The second-order valence-corrected chi connectivity index (χ2v) is 6.22. The Hall–Kier alpha value is -3.00. The molecule has 0 saturated heterocycles. The van der Waals surface area contributed by atoms with Crippen LogP contribution in [0.4, 0.5) is 17.1 Å². The Kier molecular flexibility index (Phi) is 4.26. The van der Waals surface area contributed by atoms with Gasteiger partial charge >= 0.3 is 0 Å². The lowest BCUT2D eigenvalue weighted by Gasteiger charge is -2.26. The van der Waals surface area contributed by atoms with Gasteiger partial charge in [-0.1, -0.05) is 72.9 Å². The van der Waals surface area contributed by atoms with E-state index in [1.54, 1.807) is 0 Å². The Labute approximate surface area is 149 Å². The molecule has 2 heteroatoms.